The maximum absolute atomic E-state index is 14.5. The van der Waals surface area contributed by atoms with Crippen molar-refractivity contribution in [3.05, 3.63) is 130 Å². The van der Waals surface area contributed by atoms with Gasteiger partial charge in [0.05, 0.1) is 41.4 Å². The molecule has 0 spiro atoms. The first kappa shape index (κ1) is 45.3. The number of allylic oxidation sites excluding steroid dienone is 1. The van der Waals surface area contributed by atoms with Gasteiger partial charge < -0.3 is 23.6 Å². The minimum atomic E-state index is -5.21. The zero-order chi connectivity index (χ0) is 44.8. The normalized spacial score (nSPS) is 21.5. The second-order valence-corrected chi connectivity index (χ2v) is 21.5. The van der Waals surface area contributed by atoms with Crippen molar-refractivity contribution in [3.63, 3.8) is 0 Å². The Bertz CT molecular complexity index is 2270. The molecule has 0 bridgehead atoms. The largest absolute Gasteiger partial charge is 0.459 e. The molecule has 328 valence electrons. The maximum atomic E-state index is 14.5. The van der Waals surface area contributed by atoms with E-state index in [9.17, 15) is 46.1 Å². The first-order valence-corrected chi connectivity index (χ1v) is 22.5. The molecule has 16 heteroatoms. The van der Waals surface area contributed by atoms with Crippen molar-refractivity contribution in [3.8, 4) is 0 Å². The van der Waals surface area contributed by atoms with Crippen LogP contribution in [0, 0.1) is 17.8 Å². The number of alkyl halides is 6. The van der Waals surface area contributed by atoms with E-state index in [1.165, 1.54) is 0 Å². The summed E-state index contributed by atoms with van der Waals surface area (Å²) in [5.41, 5.74) is -1.92. The molecule has 8 nitrogen and oxygen atoms in total. The fraction of sp³-hybridized carbons (Fsp3) is 0.391. The summed E-state index contributed by atoms with van der Waals surface area (Å²) >= 11 is 0. The zero-order valence-electron chi connectivity index (χ0n) is 34.7. The number of rotatable bonds is 12. The Hall–Kier alpha value is -4.74. The van der Waals surface area contributed by atoms with Crippen LogP contribution >= 0.6 is 0 Å². The summed E-state index contributed by atoms with van der Waals surface area (Å²) in [5.74, 6) is -4.18. The predicted molar refractivity (Wildman–Crippen MR) is 224 cm³/mol. The zero-order valence-corrected chi connectivity index (χ0v) is 35.7. The highest BCUT2D eigenvalue weighted by molar-refractivity contribution is 6.99. The highest BCUT2D eigenvalue weighted by Crippen LogP contribution is 2.52. The van der Waals surface area contributed by atoms with E-state index in [4.69, 9.17) is 13.5 Å². The Kier molecular flexibility index (Phi) is 12.7. The van der Waals surface area contributed by atoms with Gasteiger partial charge >= 0.3 is 19.5 Å². The number of aliphatic hydroxyl groups excluding tert-OH is 1. The van der Waals surface area contributed by atoms with Gasteiger partial charge in [0.25, 0.3) is 8.32 Å². The van der Waals surface area contributed by atoms with Crippen LogP contribution in [0.25, 0.3) is 6.08 Å². The number of anilines is 1. The second-order valence-electron chi connectivity index (χ2n) is 17.2. The number of amides is 2. The summed E-state index contributed by atoms with van der Waals surface area (Å²) in [6.45, 7) is 7.96. The summed E-state index contributed by atoms with van der Waals surface area (Å²) in [6, 6.07) is 23.8. The average molecular weight is 880 g/mol. The number of imide groups is 1. The van der Waals surface area contributed by atoms with Gasteiger partial charge in [0.15, 0.2) is 0 Å². The van der Waals surface area contributed by atoms with Crippen LogP contribution in [-0.4, -0.2) is 50.1 Å². The lowest BCUT2D eigenvalue weighted by molar-refractivity contribution is -0.143. The van der Waals surface area contributed by atoms with Crippen LogP contribution in [-0.2, 0) is 37.6 Å². The number of nitrogens with zero attached hydrogens (tertiary/aromatic N) is 1. The highest BCUT2D eigenvalue weighted by Gasteiger charge is 2.59. The number of hydrogen-bond acceptors (Lipinski definition) is 7. The lowest BCUT2D eigenvalue weighted by atomic mass is 9.58. The lowest BCUT2D eigenvalue weighted by Crippen LogP contribution is -2.66. The lowest BCUT2D eigenvalue weighted by Gasteiger charge is -2.46. The molecule has 0 unspecified atom stereocenters. The van der Waals surface area contributed by atoms with Crippen molar-refractivity contribution in [1.29, 1.82) is 0 Å². The molecule has 2 amide bonds. The van der Waals surface area contributed by atoms with E-state index in [1.807, 2.05) is 73.7 Å². The molecular weight excluding hydrogens is 831 g/mol. The molecule has 2 saturated heterocycles. The number of carbonyl (C=O) groups is 2. The molecule has 1 aromatic heterocycles. The van der Waals surface area contributed by atoms with Crippen molar-refractivity contribution in [2.24, 2.45) is 17.8 Å². The molecular formula is C46H48BF6NO7Si. The molecule has 2 aliphatic heterocycles. The molecule has 4 aromatic rings. The van der Waals surface area contributed by atoms with E-state index in [0.29, 0.717) is 59.0 Å². The van der Waals surface area contributed by atoms with Gasteiger partial charge in [0.2, 0.25) is 11.8 Å². The summed E-state index contributed by atoms with van der Waals surface area (Å²) in [5, 5.41) is 22.3. The fourth-order valence-electron chi connectivity index (χ4n) is 9.60. The van der Waals surface area contributed by atoms with Crippen LogP contribution in [0.2, 0.25) is 11.4 Å². The number of hydrogen-bond donors (Lipinski definition) is 2. The van der Waals surface area contributed by atoms with Crippen LogP contribution < -0.4 is 15.3 Å². The number of benzene rings is 3. The number of halogens is 6. The Morgan fingerprint density at radius 3 is 1.98 bits per heavy atom. The van der Waals surface area contributed by atoms with Gasteiger partial charge in [-0.25, -0.2) is 4.90 Å². The third-order valence-corrected chi connectivity index (χ3v) is 17.4. The summed E-state index contributed by atoms with van der Waals surface area (Å²) in [6.07, 6.45) is -8.23. The number of furan rings is 1. The van der Waals surface area contributed by atoms with Gasteiger partial charge in [-0.1, -0.05) is 93.9 Å². The van der Waals surface area contributed by atoms with Gasteiger partial charge in [-0.2, -0.15) is 26.3 Å². The topological polar surface area (TPSA) is 109 Å². The van der Waals surface area contributed by atoms with Gasteiger partial charge in [0, 0.05) is 0 Å². The molecule has 62 heavy (non-hydrogen) atoms. The minimum absolute atomic E-state index is 0.0334. The quantitative estimate of drug-likeness (QED) is 0.0634. The van der Waals surface area contributed by atoms with Gasteiger partial charge in [0.1, 0.15) is 18.1 Å². The first-order valence-electron chi connectivity index (χ1n) is 20.6. The van der Waals surface area contributed by atoms with E-state index >= 15 is 0 Å². The molecule has 1 aliphatic carbocycles. The maximum Gasteiger partial charge on any atom is 0.455 e. The molecule has 3 heterocycles. The van der Waals surface area contributed by atoms with Gasteiger partial charge in [-0.15, -0.1) is 0 Å². The Morgan fingerprint density at radius 1 is 0.871 bits per heavy atom. The third kappa shape index (κ3) is 8.76. The van der Waals surface area contributed by atoms with E-state index in [1.54, 1.807) is 12.1 Å². The SMILES string of the molecule is CC/C(=C\c1ccc(CO)o1)CC[C@H]1OB(O)C[C@H]2C1=C(CO[Si](c1ccccc1)(c1ccccc1)C(C)(C)C)C[C@H]1C(=O)N(c3cc(C(F)(F)F)cc(C(F)(F)F)c3)C(=O)[C@H]12. The summed E-state index contributed by atoms with van der Waals surface area (Å²) in [7, 11) is -4.63. The monoisotopic (exact) mass is 879 g/mol. The average Bonchev–Trinajstić information content (AvgIpc) is 3.79. The summed E-state index contributed by atoms with van der Waals surface area (Å²) < 4.78 is 104. The molecule has 7 rings (SSSR count). The van der Waals surface area contributed by atoms with Crippen molar-refractivity contribution >= 4 is 49.4 Å². The summed E-state index contributed by atoms with van der Waals surface area (Å²) in [4.78, 5) is 29.5. The van der Waals surface area contributed by atoms with E-state index < -0.39 is 85.3 Å². The number of carbonyl (C=O) groups excluding carboxylic acids is 2. The van der Waals surface area contributed by atoms with Crippen molar-refractivity contribution in [2.45, 2.75) is 89.8 Å². The van der Waals surface area contributed by atoms with Crippen molar-refractivity contribution in [2.75, 3.05) is 11.5 Å². The molecule has 3 aromatic carbocycles. The van der Waals surface area contributed by atoms with Crippen molar-refractivity contribution < 1.29 is 59.6 Å². The Labute approximate surface area is 357 Å². The number of fused-ring (bicyclic) bond motifs is 3. The smallest absolute Gasteiger partial charge is 0.455 e. The Morgan fingerprint density at radius 2 is 1.47 bits per heavy atom. The molecule has 0 saturated carbocycles. The van der Waals surface area contributed by atoms with Crippen LogP contribution in [0.5, 0.6) is 0 Å². The second kappa shape index (κ2) is 17.4. The molecule has 0 radical (unpaired) electrons. The fourth-order valence-corrected chi connectivity index (χ4v) is 14.1. The van der Waals surface area contributed by atoms with E-state index in [0.717, 1.165) is 15.9 Å². The van der Waals surface area contributed by atoms with Crippen LogP contribution in [0.4, 0.5) is 32.0 Å². The molecule has 4 atom stereocenters. The Balaban J connectivity index is 1.33. The standard InChI is InChI=1S/C46H48BF6NO7Si/c1-5-28(20-33-17-18-34(26-55)60-33)16-19-39-40-29(27-59-62(44(2,3)4,35-12-8-6-9-13-35)36-14-10-7-11-15-36)21-37-41(38(40)25-47(58)61-39)43(57)54(42(37)56)32-23-30(45(48,49)50)22-31(24-32)46(51,52)53/h6-15,17-18,20,22-24,37-39,41,55,58H,5,16,19,21,25-27H2,1-4H3/b28-20+/t37-,38+,39-,41-/m1/s1. The highest BCUT2D eigenvalue weighted by atomic mass is 28.4. The van der Waals surface area contributed by atoms with Gasteiger partial charge in [-0.3, -0.25) is 9.59 Å². The van der Waals surface area contributed by atoms with Crippen LogP contribution in [0.1, 0.15) is 76.0 Å². The molecule has 2 fully saturated rings. The van der Waals surface area contributed by atoms with Crippen molar-refractivity contribution in [1.82, 2.24) is 0 Å². The van der Waals surface area contributed by atoms with Crippen LogP contribution in [0.15, 0.2) is 112 Å². The van der Waals surface area contributed by atoms with E-state index in [2.05, 4.69) is 20.8 Å². The van der Waals surface area contributed by atoms with E-state index in [-0.39, 0.29) is 32.0 Å². The first-order chi connectivity index (χ1) is 29.3. The third-order valence-electron chi connectivity index (χ3n) is 12.4. The molecule has 2 N–H and O–H groups in total. The minimum Gasteiger partial charge on any atom is -0.459 e. The predicted octanol–water partition coefficient (Wildman–Crippen LogP) is 8.96. The van der Waals surface area contributed by atoms with Crippen LogP contribution in [0.3, 0.4) is 0 Å². The molecule has 3 aliphatic rings. The number of aliphatic hydroxyl groups is 1. The van der Waals surface area contributed by atoms with Gasteiger partial charge in [-0.05, 0) is 101 Å².